The minimum atomic E-state index is 0.133. The first-order valence-corrected chi connectivity index (χ1v) is 9.34. The SMILES string of the molecule is O=C(CCSc1ccc(Cl)cc1)N[C@H]1CCCc2ccccc21. The van der Waals surface area contributed by atoms with Crippen molar-refractivity contribution < 1.29 is 4.79 Å². The average molecular weight is 346 g/mol. The molecule has 1 aliphatic rings. The molecule has 0 unspecified atom stereocenters. The molecule has 0 aliphatic heterocycles. The lowest BCUT2D eigenvalue weighted by atomic mass is 9.88. The predicted octanol–water partition coefficient (Wildman–Crippen LogP) is 5.02. The first-order chi connectivity index (χ1) is 11.2. The summed E-state index contributed by atoms with van der Waals surface area (Å²) in [5, 5.41) is 3.94. The molecular weight excluding hydrogens is 326 g/mol. The maximum absolute atomic E-state index is 12.2. The van der Waals surface area contributed by atoms with Gasteiger partial charge in [0.05, 0.1) is 6.04 Å². The standard InChI is InChI=1S/C19H20ClNOS/c20-15-8-10-16(11-9-15)23-13-12-19(22)21-18-7-3-5-14-4-1-2-6-17(14)18/h1-2,4,6,8-11,18H,3,5,7,12-13H2,(H,21,22)/t18-/m0/s1. The summed E-state index contributed by atoms with van der Waals surface area (Å²) in [7, 11) is 0. The summed E-state index contributed by atoms with van der Waals surface area (Å²) in [6.07, 6.45) is 3.83. The number of benzene rings is 2. The zero-order valence-corrected chi connectivity index (χ0v) is 14.5. The Balaban J connectivity index is 1.49. The molecule has 0 aromatic heterocycles. The van der Waals surface area contributed by atoms with Crippen molar-refractivity contribution in [3.63, 3.8) is 0 Å². The molecule has 2 nitrogen and oxygen atoms in total. The number of nitrogens with one attached hydrogen (secondary N) is 1. The fraction of sp³-hybridized carbons (Fsp3) is 0.316. The highest BCUT2D eigenvalue weighted by Gasteiger charge is 2.20. The van der Waals surface area contributed by atoms with Crippen LogP contribution in [-0.4, -0.2) is 11.7 Å². The van der Waals surface area contributed by atoms with Crippen LogP contribution in [0.5, 0.6) is 0 Å². The maximum atomic E-state index is 12.2. The van der Waals surface area contributed by atoms with Gasteiger partial charge in [0.2, 0.25) is 5.91 Å². The van der Waals surface area contributed by atoms with E-state index in [0.29, 0.717) is 6.42 Å². The van der Waals surface area contributed by atoms with Crippen LogP contribution in [0.15, 0.2) is 53.4 Å². The molecule has 2 aromatic carbocycles. The van der Waals surface area contributed by atoms with E-state index < -0.39 is 0 Å². The Bertz CT molecular complexity index is 671. The van der Waals surface area contributed by atoms with E-state index >= 15 is 0 Å². The molecule has 23 heavy (non-hydrogen) atoms. The van der Waals surface area contributed by atoms with Gasteiger partial charge in [-0.2, -0.15) is 0 Å². The molecule has 0 heterocycles. The van der Waals surface area contributed by atoms with Gasteiger partial charge in [0, 0.05) is 22.1 Å². The van der Waals surface area contributed by atoms with Crippen LogP contribution in [0.25, 0.3) is 0 Å². The Hall–Kier alpha value is -1.45. The molecule has 0 bridgehead atoms. The summed E-state index contributed by atoms with van der Waals surface area (Å²) in [6, 6.07) is 16.3. The lowest BCUT2D eigenvalue weighted by Crippen LogP contribution is -2.31. The lowest BCUT2D eigenvalue weighted by Gasteiger charge is -2.26. The summed E-state index contributed by atoms with van der Waals surface area (Å²) < 4.78 is 0. The number of thioether (sulfide) groups is 1. The molecule has 4 heteroatoms. The Morgan fingerprint density at radius 1 is 1.17 bits per heavy atom. The van der Waals surface area contributed by atoms with Gasteiger partial charge in [-0.05, 0) is 54.7 Å². The molecule has 1 aliphatic carbocycles. The number of aryl methyl sites for hydroxylation is 1. The third-order valence-electron chi connectivity index (χ3n) is 4.12. The molecule has 120 valence electrons. The molecule has 0 spiro atoms. The third kappa shape index (κ3) is 4.52. The molecule has 3 rings (SSSR count). The Morgan fingerprint density at radius 2 is 1.96 bits per heavy atom. The largest absolute Gasteiger partial charge is 0.349 e. The zero-order chi connectivity index (χ0) is 16.1. The van der Waals surface area contributed by atoms with Crippen LogP contribution in [-0.2, 0) is 11.2 Å². The van der Waals surface area contributed by atoms with Crippen molar-refractivity contribution in [1.82, 2.24) is 5.32 Å². The van der Waals surface area contributed by atoms with Crippen molar-refractivity contribution in [2.75, 3.05) is 5.75 Å². The summed E-state index contributed by atoms with van der Waals surface area (Å²) in [5.74, 6) is 0.912. The van der Waals surface area contributed by atoms with Crippen LogP contribution in [0, 0.1) is 0 Å². The average Bonchev–Trinajstić information content (AvgIpc) is 2.57. The van der Waals surface area contributed by atoms with E-state index in [1.54, 1.807) is 11.8 Å². The fourth-order valence-corrected chi connectivity index (χ4v) is 3.94. The van der Waals surface area contributed by atoms with Crippen LogP contribution in [0.1, 0.15) is 36.4 Å². The quantitative estimate of drug-likeness (QED) is 0.771. The topological polar surface area (TPSA) is 29.1 Å². The van der Waals surface area contributed by atoms with Crippen LogP contribution in [0.3, 0.4) is 0 Å². The van der Waals surface area contributed by atoms with Gasteiger partial charge >= 0.3 is 0 Å². The molecule has 1 N–H and O–H groups in total. The van der Waals surface area contributed by atoms with E-state index in [4.69, 9.17) is 11.6 Å². The number of amides is 1. The van der Waals surface area contributed by atoms with Gasteiger partial charge < -0.3 is 5.32 Å². The second kappa shape index (κ2) is 7.89. The van der Waals surface area contributed by atoms with Crippen molar-refractivity contribution in [1.29, 1.82) is 0 Å². The van der Waals surface area contributed by atoms with Gasteiger partial charge in [-0.3, -0.25) is 4.79 Å². The number of halogens is 1. The molecule has 0 radical (unpaired) electrons. The lowest BCUT2D eigenvalue weighted by molar-refractivity contribution is -0.121. The van der Waals surface area contributed by atoms with Crippen LogP contribution in [0.2, 0.25) is 5.02 Å². The highest BCUT2D eigenvalue weighted by Crippen LogP contribution is 2.29. The molecule has 0 saturated heterocycles. The first-order valence-electron chi connectivity index (χ1n) is 7.98. The van der Waals surface area contributed by atoms with E-state index in [-0.39, 0.29) is 11.9 Å². The Labute approximate surface area is 146 Å². The fourth-order valence-electron chi connectivity index (χ4n) is 2.96. The van der Waals surface area contributed by atoms with Crippen molar-refractivity contribution in [3.05, 3.63) is 64.7 Å². The van der Waals surface area contributed by atoms with Crippen LogP contribution >= 0.6 is 23.4 Å². The summed E-state index contributed by atoms with van der Waals surface area (Å²) in [4.78, 5) is 13.4. The van der Waals surface area contributed by atoms with E-state index in [9.17, 15) is 4.79 Å². The van der Waals surface area contributed by atoms with E-state index in [2.05, 4.69) is 29.6 Å². The number of hydrogen-bond acceptors (Lipinski definition) is 2. The van der Waals surface area contributed by atoms with Gasteiger partial charge in [0.25, 0.3) is 0 Å². The van der Waals surface area contributed by atoms with E-state index in [0.717, 1.165) is 34.9 Å². The van der Waals surface area contributed by atoms with Gasteiger partial charge in [-0.15, -0.1) is 11.8 Å². The van der Waals surface area contributed by atoms with Crippen molar-refractivity contribution in [3.8, 4) is 0 Å². The molecule has 2 aromatic rings. The highest BCUT2D eigenvalue weighted by atomic mass is 35.5. The normalized spacial score (nSPS) is 16.7. The second-order valence-electron chi connectivity index (χ2n) is 5.76. The smallest absolute Gasteiger partial charge is 0.221 e. The van der Waals surface area contributed by atoms with Crippen molar-refractivity contribution in [2.24, 2.45) is 0 Å². The van der Waals surface area contributed by atoms with Gasteiger partial charge in [-0.25, -0.2) is 0 Å². The minimum absolute atomic E-state index is 0.133. The molecule has 1 atom stereocenters. The third-order valence-corrected chi connectivity index (χ3v) is 5.38. The van der Waals surface area contributed by atoms with E-state index in [1.807, 2.05) is 24.3 Å². The van der Waals surface area contributed by atoms with Crippen LogP contribution < -0.4 is 5.32 Å². The number of hydrogen-bond donors (Lipinski definition) is 1. The first kappa shape index (κ1) is 16.4. The molecule has 0 fully saturated rings. The predicted molar refractivity (Wildman–Crippen MR) is 97.1 cm³/mol. The molecule has 0 saturated carbocycles. The summed E-state index contributed by atoms with van der Waals surface area (Å²) >= 11 is 7.56. The summed E-state index contributed by atoms with van der Waals surface area (Å²) in [5.41, 5.74) is 2.66. The summed E-state index contributed by atoms with van der Waals surface area (Å²) in [6.45, 7) is 0. The highest BCUT2D eigenvalue weighted by molar-refractivity contribution is 7.99. The number of carbonyl (C=O) groups excluding carboxylic acids is 1. The molecule has 1 amide bonds. The van der Waals surface area contributed by atoms with Crippen LogP contribution in [0.4, 0.5) is 0 Å². The Morgan fingerprint density at radius 3 is 2.78 bits per heavy atom. The molecular formula is C19H20ClNOS. The number of fused-ring (bicyclic) bond motifs is 1. The van der Waals surface area contributed by atoms with Gasteiger partial charge in [0.1, 0.15) is 0 Å². The zero-order valence-electron chi connectivity index (χ0n) is 12.9. The maximum Gasteiger partial charge on any atom is 0.221 e. The van der Waals surface area contributed by atoms with Crippen molar-refractivity contribution >= 4 is 29.3 Å². The number of carbonyl (C=O) groups is 1. The van der Waals surface area contributed by atoms with Crippen molar-refractivity contribution in [2.45, 2.75) is 36.6 Å². The van der Waals surface area contributed by atoms with Gasteiger partial charge in [0.15, 0.2) is 0 Å². The monoisotopic (exact) mass is 345 g/mol. The minimum Gasteiger partial charge on any atom is -0.349 e. The van der Waals surface area contributed by atoms with E-state index in [1.165, 1.54) is 11.1 Å². The second-order valence-corrected chi connectivity index (χ2v) is 7.37. The number of rotatable bonds is 5. The Kier molecular flexibility index (Phi) is 5.63. The van der Waals surface area contributed by atoms with Gasteiger partial charge in [-0.1, -0.05) is 35.9 Å².